The van der Waals surface area contributed by atoms with Crippen molar-refractivity contribution in [1.29, 1.82) is 0 Å². The highest BCUT2D eigenvalue weighted by Crippen LogP contribution is 2.26. The van der Waals surface area contributed by atoms with Gasteiger partial charge in [0.1, 0.15) is 24.4 Å². The van der Waals surface area contributed by atoms with Crippen molar-refractivity contribution in [3.05, 3.63) is 24.3 Å². The number of ether oxygens (including phenoxy) is 7. The second kappa shape index (κ2) is 33.3. The van der Waals surface area contributed by atoms with E-state index in [0.717, 1.165) is 62.7 Å². The minimum absolute atomic E-state index is 0.0908. The van der Waals surface area contributed by atoms with Gasteiger partial charge in [0.25, 0.3) is 0 Å². The molecule has 63 heavy (non-hydrogen) atoms. The minimum atomic E-state index is -1.88. The van der Waals surface area contributed by atoms with Crippen LogP contribution in [0.15, 0.2) is 24.3 Å². The van der Waals surface area contributed by atoms with Gasteiger partial charge in [0.15, 0.2) is 33.3 Å². The summed E-state index contributed by atoms with van der Waals surface area (Å²) in [6, 6.07) is 3.97. The summed E-state index contributed by atoms with van der Waals surface area (Å²) in [7, 11) is -7.48. The fraction of sp³-hybridized carbons (Fsp3) is 0.913. The highest BCUT2D eigenvalue weighted by atomic mass is 28.4. The van der Waals surface area contributed by atoms with Gasteiger partial charge in [0.2, 0.25) is 0 Å². The van der Waals surface area contributed by atoms with Gasteiger partial charge in [0.05, 0.1) is 52.9 Å². The maximum absolute atomic E-state index is 10.3. The molecule has 0 spiro atoms. The molecule has 4 N–H and O–H groups in total. The molecule has 372 valence electrons. The third-order valence-electron chi connectivity index (χ3n) is 11.3. The molecule has 6 atom stereocenters. The van der Waals surface area contributed by atoms with Crippen LogP contribution in [0.3, 0.4) is 0 Å². The molecule has 17 heteroatoms. The molecule has 0 amide bonds. The monoisotopic (exact) mass is 967 g/mol. The molecule has 0 bridgehead atoms. The van der Waals surface area contributed by atoms with Crippen LogP contribution in [0.1, 0.15) is 64.2 Å². The Bertz CT molecular complexity index is 1110. The van der Waals surface area contributed by atoms with E-state index in [0.29, 0.717) is 77.9 Å². The molecule has 2 aliphatic rings. The first-order valence-corrected chi connectivity index (χ1v) is 36.8. The van der Waals surface area contributed by atoms with Crippen molar-refractivity contribution in [2.45, 2.75) is 165 Å². The van der Waals surface area contributed by atoms with E-state index in [-0.39, 0.29) is 26.4 Å². The van der Waals surface area contributed by atoms with Gasteiger partial charge < -0.3 is 61.8 Å². The summed E-state index contributed by atoms with van der Waals surface area (Å²) in [5.41, 5.74) is 0. The average molecular weight is 968 g/mol. The summed E-state index contributed by atoms with van der Waals surface area (Å²) in [6.07, 6.45) is 16.7. The Balaban J connectivity index is 1.40. The fourth-order valence-electron chi connectivity index (χ4n) is 8.29. The van der Waals surface area contributed by atoms with Crippen molar-refractivity contribution in [3.8, 4) is 0 Å². The van der Waals surface area contributed by atoms with E-state index in [1.54, 1.807) is 0 Å². The van der Waals surface area contributed by atoms with E-state index in [1.807, 2.05) is 0 Å². The predicted molar refractivity (Wildman–Crippen MR) is 263 cm³/mol. The minimum Gasteiger partial charge on any atom is -0.455 e. The summed E-state index contributed by atoms with van der Waals surface area (Å²) in [5.74, 6) is 1.25. The van der Waals surface area contributed by atoms with Crippen LogP contribution in [0.5, 0.6) is 0 Å². The molecule has 2 rings (SSSR count). The van der Waals surface area contributed by atoms with Crippen molar-refractivity contribution in [3.63, 3.8) is 0 Å². The normalized spacial score (nSPS) is 19.3. The lowest BCUT2D eigenvalue weighted by Gasteiger charge is -2.34. The summed E-state index contributed by atoms with van der Waals surface area (Å²) >= 11 is 0. The molecule has 2 aliphatic carbocycles. The number of hydrogen-bond acceptors (Lipinski definition) is 13. The summed E-state index contributed by atoms with van der Waals surface area (Å²) in [6.45, 7) is 23.6. The standard InChI is InChI=1S/C46H94O13Si4/c1-60(2,29-13-23-51-33-43(47)37-55-27-21-41-17-9-10-18-41)58-62(5,6)31-15-25-53-35-45(49)39-57-40-46(50)36-54-26-16-32-63(7,8)59-61(3,4)30-14-24-52-34-44(48)38-56-28-22-42-19-11-12-20-42/h9,11,17,19,41-50H,10,12-16,18,20-40H2,1-8H3. The molecule has 0 radical (unpaired) electrons. The first-order chi connectivity index (χ1) is 29.9. The molecule has 0 aromatic rings. The number of allylic oxidation sites excluding steroid dienone is 4. The molecular weight excluding hydrogens is 873 g/mol. The van der Waals surface area contributed by atoms with E-state index < -0.39 is 57.7 Å². The van der Waals surface area contributed by atoms with Gasteiger partial charge in [-0.25, -0.2) is 0 Å². The van der Waals surface area contributed by atoms with Crippen molar-refractivity contribution >= 4 is 33.3 Å². The van der Waals surface area contributed by atoms with Crippen LogP contribution < -0.4 is 0 Å². The maximum Gasteiger partial charge on any atom is 0.173 e. The molecule has 13 nitrogen and oxygen atoms in total. The highest BCUT2D eigenvalue weighted by molar-refractivity contribution is 6.85. The molecule has 0 aromatic heterocycles. The van der Waals surface area contributed by atoms with Crippen molar-refractivity contribution in [1.82, 2.24) is 0 Å². The number of aliphatic hydroxyl groups excluding tert-OH is 4. The first kappa shape index (κ1) is 59.0. The van der Waals surface area contributed by atoms with Crippen LogP contribution in [0.25, 0.3) is 0 Å². The third kappa shape index (κ3) is 33.1. The summed E-state index contributed by atoms with van der Waals surface area (Å²) < 4.78 is 53.3. The number of aliphatic hydroxyl groups is 4. The second-order valence-electron chi connectivity index (χ2n) is 20.4. The number of rotatable bonds is 42. The Morgan fingerprint density at radius 3 is 0.905 bits per heavy atom. The molecular formula is C46H94O13Si4. The van der Waals surface area contributed by atoms with Crippen LogP contribution >= 0.6 is 0 Å². The van der Waals surface area contributed by atoms with Gasteiger partial charge >= 0.3 is 0 Å². The van der Waals surface area contributed by atoms with Gasteiger partial charge in [-0.1, -0.05) is 24.3 Å². The third-order valence-corrected chi connectivity index (χ3v) is 26.4. The second-order valence-corrected chi connectivity index (χ2v) is 38.1. The lowest BCUT2D eigenvalue weighted by molar-refractivity contribution is -0.0561. The summed E-state index contributed by atoms with van der Waals surface area (Å²) in [4.78, 5) is 0. The first-order valence-electron chi connectivity index (χ1n) is 24.4. The fourth-order valence-corrected chi connectivity index (χ4v) is 25.9. The van der Waals surface area contributed by atoms with Gasteiger partial charge in [0, 0.05) is 39.6 Å². The van der Waals surface area contributed by atoms with Gasteiger partial charge in [-0.05, 0) is 153 Å². The highest BCUT2D eigenvalue weighted by Gasteiger charge is 2.33. The average Bonchev–Trinajstić information content (AvgIpc) is 3.92. The maximum atomic E-state index is 10.3. The Morgan fingerprint density at radius 2 is 0.651 bits per heavy atom. The van der Waals surface area contributed by atoms with Crippen molar-refractivity contribution in [2.24, 2.45) is 11.8 Å². The Labute approximate surface area is 387 Å². The SMILES string of the molecule is C[Si](C)(CCCOCC(O)COCCC1C=CCC1)O[Si](C)(C)CCCOCC(O)COCC(O)COCCC[Si](C)(C)O[Si](C)(C)CCCOCC(O)COCCC1C=CCC1. The molecule has 6 unspecified atom stereocenters. The van der Waals surface area contributed by atoms with E-state index in [2.05, 4.69) is 76.7 Å². The molecule has 0 heterocycles. The van der Waals surface area contributed by atoms with Gasteiger partial charge in [-0.15, -0.1) is 0 Å². The van der Waals surface area contributed by atoms with Crippen LogP contribution in [0.2, 0.25) is 76.6 Å². The van der Waals surface area contributed by atoms with Crippen LogP contribution in [-0.2, 0) is 41.4 Å². The largest absolute Gasteiger partial charge is 0.455 e. The van der Waals surface area contributed by atoms with Crippen molar-refractivity contribution in [2.75, 3.05) is 92.5 Å². The van der Waals surface area contributed by atoms with Crippen LogP contribution in [0.4, 0.5) is 0 Å². The zero-order valence-corrected chi connectivity index (χ0v) is 45.0. The van der Waals surface area contributed by atoms with E-state index in [1.165, 1.54) is 25.7 Å². The van der Waals surface area contributed by atoms with E-state index >= 15 is 0 Å². The van der Waals surface area contributed by atoms with E-state index in [9.17, 15) is 20.4 Å². The molecule has 0 aromatic carbocycles. The molecule has 0 saturated heterocycles. The molecule has 0 fully saturated rings. The topological polar surface area (TPSA) is 164 Å². The lowest BCUT2D eigenvalue weighted by Crippen LogP contribution is -2.44. The predicted octanol–water partition coefficient (Wildman–Crippen LogP) is 7.67. The lowest BCUT2D eigenvalue weighted by atomic mass is 10.1. The zero-order valence-electron chi connectivity index (χ0n) is 41.0. The zero-order chi connectivity index (χ0) is 46.5. The molecule has 0 saturated carbocycles. The number of hydrogen-bond donors (Lipinski definition) is 4. The van der Waals surface area contributed by atoms with E-state index in [4.69, 9.17) is 41.4 Å². The summed E-state index contributed by atoms with van der Waals surface area (Å²) in [5, 5.41) is 41.0. The Hall–Kier alpha value is -0.172. The van der Waals surface area contributed by atoms with Gasteiger partial charge in [-0.3, -0.25) is 0 Å². The molecule has 0 aliphatic heterocycles. The quantitative estimate of drug-likeness (QED) is 0.0268. The van der Waals surface area contributed by atoms with Crippen LogP contribution in [-0.4, -0.2) is 171 Å². The Kier molecular flexibility index (Phi) is 31.2. The smallest absolute Gasteiger partial charge is 0.173 e. The Morgan fingerprint density at radius 1 is 0.397 bits per heavy atom. The van der Waals surface area contributed by atoms with Crippen LogP contribution in [0, 0.1) is 11.8 Å². The van der Waals surface area contributed by atoms with Crippen molar-refractivity contribution < 1.29 is 61.8 Å². The van der Waals surface area contributed by atoms with Gasteiger partial charge in [-0.2, -0.15) is 0 Å².